The van der Waals surface area contributed by atoms with Crippen molar-refractivity contribution < 1.29 is 9.53 Å². The van der Waals surface area contributed by atoms with Crippen LogP contribution in [0.15, 0.2) is 42.5 Å². The Hall–Kier alpha value is -1.28. The minimum Gasteiger partial charge on any atom is -0.423 e. The van der Waals surface area contributed by atoms with Crippen LogP contribution in [0.5, 0.6) is 5.75 Å². The first-order chi connectivity index (χ1) is 6.33. The molecule has 1 aromatic rings. The van der Waals surface area contributed by atoms with Crippen molar-refractivity contribution in [1.29, 1.82) is 0 Å². The van der Waals surface area contributed by atoms with E-state index in [0.717, 1.165) is 0 Å². The van der Waals surface area contributed by atoms with Gasteiger partial charge in [0.15, 0.2) is 0 Å². The van der Waals surface area contributed by atoms with Crippen molar-refractivity contribution >= 4 is 17.6 Å². The van der Waals surface area contributed by atoms with Gasteiger partial charge in [-0.25, -0.2) is 4.79 Å². The van der Waals surface area contributed by atoms with Gasteiger partial charge in [0.25, 0.3) is 0 Å². The quantitative estimate of drug-likeness (QED) is 0.321. The molecular weight excluding hydrogens is 188 g/mol. The highest BCUT2D eigenvalue weighted by atomic mass is 35.5. The Balaban J connectivity index is 2.50. The third-order valence-electron chi connectivity index (χ3n) is 1.30. The second kappa shape index (κ2) is 5.38. The molecule has 3 heteroatoms. The summed E-state index contributed by atoms with van der Waals surface area (Å²) in [5.74, 6) is 0.433. The molecular formula is C10H9ClO2. The van der Waals surface area contributed by atoms with E-state index in [1.165, 1.54) is 12.2 Å². The average Bonchev–Trinajstić information content (AvgIpc) is 2.16. The van der Waals surface area contributed by atoms with Crippen LogP contribution in [0.1, 0.15) is 0 Å². The molecule has 0 aliphatic rings. The molecule has 0 aromatic heterocycles. The van der Waals surface area contributed by atoms with E-state index in [0.29, 0.717) is 11.6 Å². The molecule has 1 aromatic carbocycles. The predicted octanol–water partition coefficient (Wildman–Crippen LogP) is 2.39. The highest BCUT2D eigenvalue weighted by Gasteiger charge is 1.97. The van der Waals surface area contributed by atoms with Gasteiger partial charge in [-0.15, -0.1) is 11.6 Å². The van der Waals surface area contributed by atoms with Crippen LogP contribution < -0.4 is 4.74 Å². The number of allylic oxidation sites excluding steroid dienone is 1. The standard InChI is InChI=1S/C10H9ClO2/c11-8-4-7-10(12)13-9-5-2-1-3-6-9/h1-7H,8H2/b7-4+. The lowest BCUT2D eigenvalue weighted by atomic mass is 10.3. The van der Waals surface area contributed by atoms with Crippen LogP contribution in [0.3, 0.4) is 0 Å². The van der Waals surface area contributed by atoms with Gasteiger partial charge in [-0.3, -0.25) is 0 Å². The molecule has 0 fully saturated rings. The lowest BCUT2D eigenvalue weighted by molar-refractivity contribution is -0.128. The Bertz CT molecular complexity index is 293. The number of hydrogen-bond donors (Lipinski definition) is 0. The average molecular weight is 197 g/mol. The molecule has 0 spiro atoms. The first-order valence-electron chi connectivity index (χ1n) is 3.82. The number of benzene rings is 1. The molecule has 0 radical (unpaired) electrons. The minimum absolute atomic E-state index is 0.309. The molecule has 0 bridgehead atoms. The zero-order valence-electron chi connectivity index (χ0n) is 6.94. The zero-order chi connectivity index (χ0) is 9.52. The van der Waals surface area contributed by atoms with Crippen molar-refractivity contribution in [3.05, 3.63) is 42.5 Å². The molecule has 0 unspecified atom stereocenters. The lowest BCUT2D eigenvalue weighted by Crippen LogP contribution is -2.03. The van der Waals surface area contributed by atoms with Crippen molar-refractivity contribution in [2.75, 3.05) is 5.88 Å². The fraction of sp³-hybridized carbons (Fsp3) is 0.100. The van der Waals surface area contributed by atoms with Gasteiger partial charge >= 0.3 is 5.97 Å². The number of hydrogen-bond acceptors (Lipinski definition) is 2. The van der Waals surface area contributed by atoms with Crippen LogP contribution in [0.2, 0.25) is 0 Å². The smallest absolute Gasteiger partial charge is 0.335 e. The first-order valence-corrected chi connectivity index (χ1v) is 4.36. The Kier molecular flexibility index (Phi) is 4.06. The van der Waals surface area contributed by atoms with Gasteiger partial charge in [-0.2, -0.15) is 0 Å². The van der Waals surface area contributed by atoms with E-state index in [2.05, 4.69) is 0 Å². The maximum atomic E-state index is 11.0. The molecule has 0 aliphatic heterocycles. The largest absolute Gasteiger partial charge is 0.423 e. The molecule has 0 heterocycles. The van der Waals surface area contributed by atoms with Gasteiger partial charge < -0.3 is 4.74 Å². The molecule has 0 atom stereocenters. The van der Waals surface area contributed by atoms with Crippen molar-refractivity contribution in [2.45, 2.75) is 0 Å². The highest BCUT2D eigenvalue weighted by Crippen LogP contribution is 2.08. The zero-order valence-corrected chi connectivity index (χ0v) is 7.70. The molecule has 0 saturated heterocycles. The number of ether oxygens (including phenoxy) is 1. The van der Waals surface area contributed by atoms with Gasteiger partial charge in [0.05, 0.1) is 0 Å². The summed E-state index contributed by atoms with van der Waals surface area (Å²) < 4.78 is 4.93. The molecule has 13 heavy (non-hydrogen) atoms. The molecule has 0 saturated carbocycles. The summed E-state index contributed by atoms with van der Waals surface area (Å²) in [6.45, 7) is 0. The number of para-hydroxylation sites is 1. The van der Waals surface area contributed by atoms with E-state index >= 15 is 0 Å². The van der Waals surface area contributed by atoms with E-state index in [9.17, 15) is 4.79 Å². The second-order valence-electron chi connectivity index (χ2n) is 2.29. The first kappa shape index (κ1) is 9.81. The van der Waals surface area contributed by atoms with Crippen LogP contribution >= 0.6 is 11.6 Å². The van der Waals surface area contributed by atoms with E-state index in [-0.39, 0.29) is 0 Å². The molecule has 68 valence electrons. The van der Waals surface area contributed by atoms with Crippen molar-refractivity contribution in [1.82, 2.24) is 0 Å². The Labute approximate surface area is 81.8 Å². The van der Waals surface area contributed by atoms with E-state index < -0.39 is 5.97 Å². The van der Waals surface area contributed by atoms with Crippen LogP contribution in [-0.4, -0.2) is 11.8 Å². The molecule has 1 rings (SSSR count). The second-order valence-corrected chi connectivity index (χ2v) is 2.60. The molecule has 2 nitrogen and oxygen atoms in total. The Morgan fingerprint density at radius 1 is 1.38 bits per heavy atom. The van der Waals surface area contributed by atoms with E-state index in [4.69, 9.17) is 16.3 Å². The van der Waals surface area contributed by atoms with E-state index in [1.54, 1.807) is 24.3 Å². The van der Waals surface area contributed by atoms with Crippen molar-refractivity contribution in [2.24, 2.45) is 0 Å². The maximum Gasteiger partial charge on any atom is 0.335 e. The fourth-order valence-electron chi connectivity index (χ4n) is 0.779. The predicted molar refractivity (Wildman–Crippen MR) is 51.9 cm³/mol. The summed E-state index contributed by atoms with van der Waals surface area (Å²) in [5.41, 5.74) is 0. The third-order valence-corrected chi connectivity index (χ3v) is 1.48. The summed E-state index contributed by atoms with van der Waals surface area (Å²) >= 11 is 5.35. The van der Waals surface area contributed by atoms with Crippen LogP contribution in [0.25, 0.3) is 0 Å². The maximum absolute atomic E-state index is 11.0. The number of carbonyl (C=O) groups excluding carboxylic acids is 1. The highest BCUT2D eigenvalue weighted by molar-refractivity contribution is 6.19. The number of carbonyl (C=O) groups is 1. The van der Waals surface area contributed by atoms with Crippen molar-refractivity contribution in [3.8, 4) is 5.75 Å². The van der Waals surface area contributed by atoms with Gasteiger partial charge in [0, 0.05) is 12.0 Å². The number of alkyl halides is 1. The molecule has 0 N–H and O–H groups in total. The molecule has 0 amide bonds. The minimum atomic E-state index is -0.410. The number of halogens is 1. The normalized spacial score (nSPS) is 10.2. The summed E-state index contributed by atoms with van der Waals surface area (Å²) in [5, 5.41) is 0. The Morgan fingerprint density at radius 2 is 2.08 bits per heavy atom. The van der Waals surface area contributed by atoms with Gasteiger partial charge in [0.1, 0.15) is 5.75 Å². The molecule has 0 aliphatic carbocycles. The van der Waals surface area contributed by atoms with Crippen LogP contribution in [0, 0.1) is 0 Å². The van der Waals surface area contributed by atoms with Gasteiger partial charge in [-0.1, -0.05) is 24.3 Å². The number of esters is 1. The lowest BCUT2D eigenvalue weighted by Gasteiger charge is -1.98. The van der Waals surface area contributed by atoms with Crippen LogP contribution in [-0.2, 0) is 4.79 Å². The van der Waals surface area contributed by atoms with Gasteiger partial charge in [0.2, 0.25) is 0 Å². The fourth-order valence-corrected chi connectivity index (χ4v) is 0.869. The summed E-state index contributed by atoms with van der Waals surface area (Å²) in [6.07, 6.45) is 2.84. The SMILES string of the molecule is O=C(/C=C/CCl)Oc1ccccc1. The summed E-state index contributed by atoms with van der Waals surface area (Å²) in [4.78, 5) is 11.0. The van der Waals surface area contributed by atoms with Crippen LogP contribution in [0.4, 0.5) is 0 Å². The van der Waals surface area contributed by atoms with Crippen molar-refractivity contribution in [3.63, 3.8) is 0 Å². The number of rotatable bonds is 3. The van der Waals surface area contributed by atoms with E-state index in [1.807, 2.05) is 6.07 Å². The third kappa shape index (κ3) is 3.76. The Morgan fingerprint density at radius 3 is 2.69 bits per heavy atom. The summed E-state index contributed by atoms with van der Waals surface area (Å²) in [6, 6.07) is 8.88. The topological polar surface area (TPSA) is 26.3 Å². The summed E-state index contributed by atoms with van der Waals surface area (Å²) in [7, 11) is 0. The van der Waals surface area contributed by atoms with Gasteiger partial charge in [-0.05, 0) is 12.1 Å². The monoisotopic (exact) mass is 196 g/mol.